The van der Waals surface area contributed by atoms with Crippen LogP contribution in [0.15, 0.2) is 37.5 Å². The standard InChI is InChI=1S/C9H17N.C2H6.C2H4/c1-3-4-6-9(2)7-5-8-10;2*1-2/h4,6H,2-3,5,7-8,10H2,1H3;1-2H3;1-2H2/b6-4-;;. The minimum absolute atomic E-state index is 0.763. The monoisotopic (exact) mass is 197 g/mol. The molecule has 2 N–H and O–H groups in total. The van der Waals surface area contributed by atoms with Crippen LogP contribution in [-0.4, -0.2) is 6.54 Å². The van der Waals surface area contributed by atoms with Crippen molar-refractivity contribution in [1.82, 2.24) is 0 Å². The largest absolute Gasteiger partial charge is 0.330 e. The molecule has 0 amide bonds. The molecule has 0 aromatic rings. The Morgan fingerprint density at radius 2 is 1.79 bits per heavy atom. The lowest BCUT2D eigenvalue weighted by Gasteiger charge is -1.95. The van der Waals surface area contributed by atoms with E-state index in [1.165, 1.54) is 5.57 Å². The van der Waals surface area contributed by atoms with Crippen LogP contribution in [0.25, 0.3) is 0 Å². The summed E-state index contributed by atoms with van der Waals surface area (Å²) in [7, 11) is 0. The van der Waals surface area contributed by atoms with Crippen LogP contribution in [-0.2, 0) is 0 Å². The molecule has 0 aliphatic carbocycles. The molecular weight excluding hydrogens is 170 g/mol. The molecule has 0 saturated heterocycles. The van der Waals surface area contributed by atoms with E-state index >= 15 is 0 Å². The molecule has 0 fully saturated rings. The van der Waals surface area contributed by atoms with Crippen molar-refractivity contribution in [3.63, 3.8) is 0 Å². The number of hydrogen-bond donors (Lipinski definition) is 1. The van der Waals surface area contributed by atoms with Gasteiger partial charge in [0.05, 0.1) is 0 Å². The third-order valence-electron chi connectivity index (χ3n) is 1.29. The maximum atomic E-state index is 5.34. The molecule has 0 aromatic heterocycles. The number of allylic oxidation sites excluding steroid dienone is 3. The van der Waals surface area contributed by atoms with Crippen LogP contribution < -0.4 is 5.73 Å². The van der Waals surface area contributed by atoms with E-state index in [-0.39, 0.29) is 0 Å². The Labute approximate surface area is 90.4 Å². The van der Waals surface area contributed by atoms with Gasteiger partial charge in [-0.1, -0.05) is 45.1 Å². The summed E-state index contributed by atoms with van der Waals surface area (Å²) in [6, 6.07) is 0. The Bertz CT molecular complexity index is 125. The average molecular weight is 197 g/mol. The van der Waals surface area contributed by atoms with Crippen molar-refractivity contribution in [3.8, 4) is 0 Å². The highest BCUT2D eigenvalue weighted by molar-refractivity contribution is 5.13. The molecule has 0 saturated carbocycles. The van der Waals surface area contributed by atoms with Crippen LogP contribution in [0, 0.1) is 0 Å². The first-order valence-corrected chi connectivity index (χ1v) is 5.35. The molecule has 1 nitrogen and oxygen atoms in total. The zero-order valence-corrected chi connectivity index (χ0v) is 10.2. The number of nitrogens with two attached hydrogens (primary N) is 1. The van der Waals surface area contributed by atoms with Crippen LogP contribution in [0.3, 0.4) is 0 Å². The summed E-state index contributed by atoms with van der Waals surface area (Å²) in [6.07, 6.45) is 7.37. The fourth-order valence-electron chi connectivity index (χ4n) is 0.697. The highest BCUT2D eigenvalue weighted by atomic mass is 14.5. The van der Waals surface area contributed by atoms with Crippen molar-refractivity contribution < 1.29 is 0 Å². The normalized spacial score (nSPS) is 8.29. The summed E-state index contributed by atoms with van der Waals surface area (Å²) >= 11 is 0. The summed E-state index contributed by atoms with van der Waals surface area (Å²) in [5, 5.41) is 0. The van der Waals surface area contributed by atoms with Crippen LogP contribution >= 0.6 is 0 Å². The van der Waals surface area contributed by atoms with Gasteiger partial charge in [0.25, 0.3) is 0 Å². The van der Waals surface area contributed by atoms with Crippen molar-refractivity contribution in [2.45, 2.75) is 40.0 Å². The van der Waals surface area contributed by atoms with E-state index in [4.69, 9.17) is 5.73 Å². The third kappa shape index (κ3) is 22.5. The quantitative estimate of drug-likeness (QED) is 0.521. The van der Waals surface area contributed by atoms with E-state index in [1.54, 1.807) is 0 Å². The first kappa shape index (κ1) is 18.9. The van der Waals surface area contributed by atoms with Gasteiger partial charge in [0.2, 0.25) is 0 Å². The molecule has 0 aromatic carbocycles. The van der Waals surface area contributed by atoms with Gasteiger partial charge in [-0.05, 0) is 25.8 Å². The smallest absolute Gasteiger partial charge is 0.00741 e. The van der Waals surface area contributed by atoms with Crippen molar-refractivity contribution >= 4 is 0 Å². The predicted molar refractivity (Wildman–Crippen MR) is 69.5 cm³/mol. The second-order valence-corrected chi connectivity index (χ2v) is 2.36. The Morgan fingerprint density at radius 1 is 1.29 bits per heavy atom. The third-order valence-corrected chi connectivity index (χ3v) is 1.29. The maximum Gasteiger partial charge on any atom is -0.00741 e. The first-order chi connectivity index (χ1) is 6.81. The molecule has 0 atom stereocenters. The molecule has 0 heterocycles. The molecule has 84 valence electrons. The van der Waals surface area contributed by atoms with Gasteiger partial charge >= 0.3 is 0 Å². The van der Waals surface area contributed by atoms with Crippen molar-refractivity contribution in [2.24, 2.45) is 5.73 Å². The van der Waals surface area contributed by atoms with Gasteiger partial charge in [0.15, 0.2) is 0 Å². The lowest BCUT2D eigenvalue weighted by molar-refractivity contribution is 0.837. The van der Waals surface area contributed by atoms with Crippen LogP contribution in [0.4, 0.5) is 0 Å². The van der Waals surface area contributed by atoms with E-state index in [0.29, 0.717) is 0 Å². The minimum Gasteiger partial charge on any atom is -0.330 e. The van der Waals surface area contributed by atoms with Crippen molar-refractivity contribution in [1.29, 1.82) is 0 Å². The summed E-state index contributed by atoms with van der Waals surface area (Å²) in [5.41, 5.74) is 6.53. The van der Waals surface area contributed by atoms with Crippen LogP contribution in [0.2, 0.25) is 0 Å². The van der Waals surface area contributed by atoms with Gasteiger partial charge in [-0.3, -0.25) is 0 Å². The molecule has 1 heteroatoms. The Balaban J connectivity index is -0.000000266. The van der Waals surface area contributed by atoms with E-state index in [1.807, 2.05) is 13.8 Å². The zero-order chi connectivity index (χ0) is 11.8. The molecule has 0 aliphatic rings. The van der Waals surface area contributed by atoms with Gasteiger partial charge in [-0.25, -0.2) is 0 Å². The number of hydrogen-bond acceptors (Lipinski definition) is 1. The summed E-state index contributed by atoms with van der Waals surface area (Å²) < 4.78 is 0. The first-order valence-electron chi connectivity index (χ1n) is 5.35. The average Bonchev–Trinajstić information content (AvgIpc) is 2.29. The minimum atomic E-state index is 0.763. The predicted octanol–water partition coefficient (Wildman–Crippen LogP) is 4.08. The Hall–Kier alpha value is -0.820. The lowest BCUT2D eigenvalue weighted by atomic mass is 10.1. The van der Waals surface area contributed by atoms with Gasteiger partial charge in [0.1, 0.15) is 0 Å². The SMILES string of the molecule is C=C.C=C(/C=C\CC)CCCN.CC. The molecule has 14 heavy (non-hydrogen) atoms. The van der Waals surface area contributed by atoms with E-state index in [0.717, 1.165) is 25.8 Å². The van der Waals surface area contributed by atoms with Crippen molar-refractivity contribution in [3.05, 3.63) is 37.5 Å². The second kappa shape index (κ2) is 22.8. The zero-order valence-electron chi connectivity index (χ0n) is 10.2. The fraction of sp³-hybridized carbons (Fsp3) is 0.538. The van der Waals surface area contributed by atoms with Crippen LogP contribution in [0.5, 0.6) is 0 Å². The van der Waals surface area contributed by atoms with E-state index < -0.39 is 0 Å². The maximum absolute atomic E-state index is 5.34. The Morgan fingerprint density at radius 3 is 2.14 bits per heavy atom. The second-order valence-electron chi connectivity index (χ2n) is 2.36. The summed E-state index contributed by atoms with van der Waals surface area (Å²) in [4.78, 5) is 0. The summed E-state index contributed by atoms with van der Waals surface area (Å²) in [5.74, 6) is 0. The molecular formula is C13H27N. The Kier molecular flexibility index (Phi) is 30.7. The topological polar surface area (TPSA) is 26.0 Å². The fourth-order valence-corrected chi connectivity index (χ4v) is 0.697. The van der Waals surface area contributed by atoms with E-state index in [9.17, 15) is 0 Å². The van der Waals surface area contributed by atoms with E-state index in [2.05, 4.69) is 38.8 Å². The van der Waals surface area contributed by atoms with Crippen LogP contribution in [0.1, 0.15) is 40.0 Å². The molecule has 0 aliphatic heterocycles. The van der Waals surface area contributed by atoms with Crippen molar-refractivity contribution in [2.75, 3.05) is 6.54 Å². The summed E-state index contributed by atoms with van der Waals surface area (Å²) in [6.45, 7) is 16.8. The van der Waals surface area contributed by atoms with Gasteiger partial charge in [0, 0.05) is 0 Å². The number of rotatable bonds is 5. The molecule has 0 rings (SSSR count). The van der Waals surface area contributed by atoms with Gasteiger partial charge < -0.3 is 5.73 Å². The highest BCUT2D eigenvalue weighted by Gasteiger charge is 1.85. The molecule has 0 unspecified atom stereocenters. The van der Waals surface area contributed by atoms with Gasteiger partial charge in [-0.2, -0.15) is 0 Å². The highest BCUT2D eigenvalue weighted by Crippen LogP contribution is 2.02. The molecule has 0 bridgehead atoms. The molecule has 0 radical (unpaired) electrons. The van der Waals surface area contributed by atoms with Gasteiger partial charge in [-0.15, -0.1) is 13.2 Å². The molecule has 0 spiro atoms. The lowest BCUT2D eigenvalue weighted by Crippen LogP contribution is -1.97.